The molecule has 5 rings (SSSR count). The first kappa shape index (κ1) is 18.2. The van der Waals surface area contributed by atoms with Crippen LogP contribution in [0.15, 0.2) is 67.0 Å². The van der Waals surface area contributed by atoms with Crippen molar-refractivity contribution in [1.82, 2.24) is 9.97 Å². The van der Waals surface area contributed by atoms with Crippen molar-refractivity contribution in [2.24, 2.45) is 0 Å². The van der Waals surface area contributed by atoms with E-state index < -0.39 is 0 Å². The number of ether oxygens (including phenoxy) is 3. The van der Waals surface area contributed by atoms with E-state index in [-0.39, 0.29) is 5.82 Å². The van der Waals surface area contributed by atoms with Gasteiger partial charge in [-0.25, -0.2) is 14.4 Å². The van der Waals surface area contributed by atoms with Gasteiger partial charge < -0.3 is 19.5 Å². The number of fused-ring (bicyclic) bond motifs is 3. The maximum Gasteiger partial charge on any atom is 0.234 e. The molecular weight excluding hydrogens is 385 g/mol. The van der Waals surface area contributed by atoms with Gasteiger partial charge in [-0.15, -0.1) is 0 Å². The Morgan fingerprint density at radius 1 is 0.933 bits per heavy atom. The topological polar surface area (TPSA) is 65.5 Å². The molecule has 150 valence electrons. The molecule has 1 aromatic heterocycles. The number of halogens is 1. The highest BCUT2D eigenvalue weighted by Crippen LogP contribution is 2.40. The molecule has 0 unspecified atom stereocenters. The van der Waals surface area contributed by atoms with Crippen molar-refractivity contribution < 1.29 is 18.6 Å². The molecule has 3 aromatic carbocycles. The van der Waals surface area contributed by atoms with Crippen molar-refractivity contribution in [1.29, 1.82) is 0 Å². The quantitative estimate of drug-likeness (QED) is 0.509. The molecule has 1 aliphatic heterocycles. The summed E-state index contributed by atoms with van der Waals surface area (Å²) in [5.41, 5.74) is 2.54. The van der Waals surface area contributed by atoms with Gasteiger partial charge in [0.05, 0.1) is 11.2 Å². The molecule has 0 saturated heterocycles. The monoisotopic (exact) mass is 403 g/mol. The summed E-state index contributed by atoms with van der Waals surface area (Å²) in [7, 11) is 0. The molecule has 4 aromatic rings. The van der Waals surface area contributed by atoms with Crippen LogP contribution in [0.4, 0.5) is 10.1 Å². The molecule has 6 nitrogen and oxygen atoms in total. The summed E-state index contributed by atoms with van der Waals surface area (Å²) in [5, 5.41) is 4.05. The van der Waals surface area contributed by atoms with E-state index in [4.69, 9.17) is 14.2 Å². The van der Waals surface area contributed by atoms with Crippen LogP contribution in [0.3, 0.4) is 0 Å². The highest BCUT2D eigenvalue weighted by molar-refractivity contribution is 5.95. The lowest BCUT2D eigenvalue weighted by atomic mass is 10.1. The standard InChI is InChI=1S/C23H18FN3O3/c24-16-3-1-15(2-4-16)13-29-17-5-7-18(8-6-17)30-23-21-19(26-14-27-23)9-10-20-22(21)28-12-11-25-20/h1-10,14,25H,11-13H2. The number of nitrogens with zero attached hydrogens (tertiary/aromatic N) is 2. The van der Waals surface area contributed by atoms with Gasteiger partial charge in [0.1, 0.15) is 42.2 Å². The van der Waals surface area contributed by atoms with E-state index in [1.54, 1.807) is 12.1 Å². The molecule has 1 aliphatic rings. The van der Waals surface area contributed by atoms with Crippen LogP contribution in [0.1, 0.15) is 5.56 Å². The molecule has 7 heteroatoms. The van der Waals surface area contributed by atoms with Crippen molar-refractivity contribution in [3.05, 3.63) is 78.4 Å². The van der Waals surface area contributed by atoms with Gasteiger partial charge >= 0.3 is 0 Å². The van der Waals surface area contributed by atoms with E-state index in [0.717, 1.165) is 28.7 Å². The predicted octanol–water partition coefficient (Wildman–Crippen LogP) is 4.94. The Hall–Kier alpha value is -3.87. The minimum absolute atomic E-state index is 0.264. The van der Waals surface area contributed by atoms with Gasteiger partial charge in [0.15, 0.2) is 5.75 Å². The number of anilines is 1. The summed E-state index contributed by atoms with van der Waals surface area (Å²) in [5.74, 6) is 2.17. The fourth-order valence-electron chi connectivity index (χ4n) is 3.26. The van der Waals surface area contributed by atoms with Crippen LogP contribution >= 0.6 is 0 Å². The number of aromatic nitrogens is 2. The first-order valence-electron chi connectivity index (χ1n) is 9.56. The molecule has 1 N–H and O–H groups in total. The maximum absolute atomic E-state index is 13.0. The molecule has 0 amide bonds. The lowest BCUT2D eigenvalue weighted by Crippen LogP contribution is -2.18. The molecule has 30 heavy (non-hydrogen) atoms. The molecule has 0 spiro atoms. The maximum atomic E-state index is 13.0. The Labute approximate surface area is 172 Å². The Morgan fingerprint density at radius 3 is 2.57 bits per heavy atom. The molecule has 0 atom stereocenters. The summed E-state index contributed by atoms with van der Waals surface area (Å²) in [6.45, 7) is 1.68. The minimum Gasteiger partial charge on any atom is -0.489 e. The van der Waals surface area contributed by atoms with E-state index >= 15 is 0 Å². The average Bonchev–Trinajstić information content (AvgIpc) is 2.79. The molecular formula is C23H18FN3O3. The Morgan fingerprint density at radius 2 is 1.73 bits per heavy atom. The second-order valence-electron chi connectivity index (χ2n) is 6.78. The number of hydrogen-bond donors (Lipinski definition) is 1. The second-order valence-corrected chi connectivity index (χ2v) is 6.78. The van der Waals surface area contributed by atoms with Crippen LogP contribution in [0.2, 0.25) is 0 Å². The van der Waals surface area contributed by atoms with Crippen molar-refractivity contribution in [3.8, 4) is 23.1 Å². The highest BCUT2D eigenvalue weighted by atomic mass is 19.1. The van der Waals surface area contributed by atoms with Gasteiger partial charge in [0.25, 0.3) is 0 Å². The van der Waals surface area contributed by atoms with Crippen LogP contribution in [-0.4, -0.2) is 23.1 Å². The lowest BCUT2D eigenvalue weighted by molar-refractivity contribution is 0.305. The van der Waals surface area contributed by atoms with Crippen molar-refractivity contribution in [2.45, 2.75) is 6.61 Å². The van der Waals surface area contributed by atoms with Gasteiger partial charge in [-0.1, -0.05) is 12.1 Å². The van der Waals surface area contributed by atoms with Crippen molar-refractivity contribution in [3.63, 3.8) is 0 Å². The number of nitrogens with one attached hydrogen (secondary N) is 1. The van der Waals surface area contributed by atoms with Gasteiger partial charge in [-0.3, -0.25) is 0 Å². The number of benzene rings is 3. The van der Waals surface area contributed by atoms with Gasteiger partial charge in [0.2, 0.25) is 5.88 Å². The normalized spacial score (nSPS) is 12.6. The third kappa shape index (κ3) is 3.69. The Kier molecular flexibility index (Phi) is 4.77. The Balaban J connectivity index is 1.35. The van der Waals surface area contributed by atoms with E-state index in [1.807, 2.05) is 36.4 Å². The van der Waals surface area contributed by atoms with Crippen molar-refractivity contribution >= 4 is 16.6 Å². The Bertz CT molecular complexity index is 1180. The van der Waals surface area contributed by atoms with Crippen molar-refractivity contribution in [2.75, 3.05) is 18.5 Å². The van der Waals surface area contributed by atoms with Crippen LogP contribution in [0.5, 0.6) is 23.1 Å². The van der Waals surface area contributed by atoms with Gasteiger partial charge in [-0.05, 0) is 54.1 Å². The zero-order chi connectivity index (χ0) is 20.3. The summed E-state index contributed by atoms with van der Waals surface area (Å²) >= 11 is 0. The largest absolute Gasteiger partial charge is 0.489 e. The predicted molar refractivity (Wildman–Crippen MR) is 111 cm³/mol. The third-order valence-electron chi connectivity index (χ3n) is 4.74. The summed E-state index contributed by atoms with van der Waals surface area (Å²) in [4.78, 5) is 8.63. The lowest BCUT2D eigenvalue weighted by Gasteiger charge is -2.21. The third-order valence-corrected chi connectivity index (χ3v) is 4.74. The molecule has 0 bridgehead atoms. The van der Waals surface area contributed by atoms with Crippen LogP contribution in [-0.2, 0) is 6.61 Å². The van der Waals surface area contributed by atoms with E-state index in [9.17, 15) is 4.39 Å². The first-order chi connectivity index (χ1) is 14.8. The van der Waals surface area contributed by atoms with Gasteiger partial charge in [-0.2, -0.15) is 0 Å². The molecule has 2 heterocycles. The van der Waals surface area contributed by atoms with Gasteiger partial charge in [0, 0.05) is 6.54 Å². The average molecular weight is 403 g/mol. The first-order valence-corrected chi connectivity index (χ1v) is 9.56. The molecule has 0 aliphatic carbocycles. The SMILES string of the molecule is Fc1ccc(COc2ccc(Oc3ncnc4ccc5c(c34)OCCN5)cc2)cc1. The molecule has 0 fully saturated rings. The van der Waals surface area contributed by atoms with E-state index in [0.29, 0.717) is 36.3 Å². The minimum atomic E-state index is -0.264. The fourth-order valence-corrected chi connectivity index (χ4v) is 3.26. The zero-order valence-electron chi connectivity index (χ0n) is 16.0. The van der Waals surface area contributed by atoms with E-state index in [1.165, 1.54) is 18.5 Å². The fraction of sp³-hybridized carbons (Fsp3) is 0.130. The zero-order valence-corrected chi connectivity index (χ0v) is 16.0. The van der Waals surface area contributed by atoms with Crippen LogP contribution < -0.4 is 19.5 Å². The summed E-state index contributed by atoms with van der Waals surface area (Å²) in [6, 6.07) is 17.3. The molecule has 0 radical (unpaired) electrons. The number of hydrogen-bond acceptors (Lipinski definition) is 6. The second kappa shape index (κ2) is 7.87. The van der Waals surface area contributed by atoms with E-state index in [2.05, 4.69) is 15.3 Å². The number of rotatable bonds is 5. The highest BCUT2D eigenvalue weighted by Gasteiger charge is 2.18. The van der Waals surface area contributed by atoms with Crippen LogP contribution in [0.25, 0.3) is 10.9 Å². The summed E-state index contributed by atoms with van der Waals surface area (Å²) < 4.78 is 30.6. The van der Waals surface area contributed by atoms with Crippen LogP contribution in [0, 0.1) is 5.82 Å². The smallest absolute Gasteiger partial charge is 0.234 e. The molecule has 0 saturated carbocycles. The summed E-state index contributed by atoms with van der Waals surface area (Å²) in [6.07, 6.45) is 1.47.